The molecule has 0 spiro atoms. The number of nitrogens with zero attached hydrogens (tertiary/aromatic N) is 3. The quantitative estimate of drug-likeness (QED) is 0.736. The van der Waals surface area contributed by atoms with Gasteiger partial charge in [0, 0.05) is 23.1 Å². The Morgan fingerprint density at radius 1 is 1.26 bits per heavy atom. The Hall–Kier alpha value is -1.88. The Balaban J connectivity index is 1.96. The summed E-state index contributed by atoms with van der Waals surface area (Å²) < 4.78 is 4.65. The summed E-state index contributed by atoms with van der Waals surface area (Å²) in [6, 6.07) is 6.17. The summed E-state index contributed by atoms with van der Waals surface area (Å²) >= 11 is 1.59. The van der Waals surface area contributed by atoms with Crippen LogP contribution in [0.1, 0.15) is 25.6 Å². The first kappa shape index (κ1) is 12.2. The Bertz CT molecular complexity index is 766. The molecule has 3 aromatic heterocycles. The predicted octanol–water partition coefficient (Wildman–Crippen LogP) is 2.89. The van der Waals surface area contributed by atoms with Crippen LogP contribution in [-0.2, 0) is 6.54 Å². The molecule has 0 amide bonds. The van der Waals surface area contributed by atoms with Crippen molar-refractivity contribution in [2.45, 2.75) is 26.4 Å². The molecule has 3 rings (SSSR count). The molecular formula is C14H15N3OS. The second kappa shape index (κ2) is 4.66. The van der Waals surface area contributed by atoms with Gasteiger partial charge in [-0.05, 0) is 37.4 Å². The summed E-state index contributed by atoms with van der Waals surface area (Å²) in [6.07, 6.45) is 3.80. The van der Waals surface area contributed by atoms with Crippen LogP contribution in [0.25, 0.3) is 10.1 Å². The van der Waals surface area contributed by atoms with Crippen LogP contribution >= 0.6 is 11.3 Å². The molecule has 0 saturated carbocycles. The molecule has 3 heterocycles. The van der Waals surface area contributed by atoms with Crippen LogP contribution in [0, 0.1) is 0 Å². The van der Waals surface area contributed by atoms with Gasteiger partial charge in [0.05, 0.1) is 17.6 Å². The van der Waals surface area contributed by atoms with E-state index in [4.69, 9.17) is 0 Å². The smallest absolute Gasteiger partial charge is 0.259 e. The van der Waals surface area contributed by atoms with E-state index in [9.17, 15) is 4.79 Å². The average Bonchev–Trinajstić information content (AvgIpc) is 3.01. The molecule has 0 fully saturated rings. The molecule has 3 aromatic rings. The van der Waals surface area contributed by atoms with E-state index in [-0.39, 0.29) is 5.56 Å². The lowest BCUT2D eigenvalue weighted by Gasteiger charge is -2.05. The molecule has 0 N–H and O–H groups in total. The molecule has 19 heavy (non-hydrogen) atoms. The molecular weight excluding hydrogens is 258 g/mol. The van der Waals surface area contributed by atoms with Crippen LogP contribution in [0.3, 0.4) is 0 Å². The minimum atomic E-state index is 0.0536. The third kappa shape index (κ3) is 2.21. The van der Waals surface area contributed by atoms with E-state index in [1.807, 2.05) is 40.7 Å². The monoisotopic (exact) mass is 273 g/mol. The van der Waals surface area contributed by atoms with Gasteiger partial charge in [-0.1, -0.05) is 0 Å². The van der Waals surface area contributed by atoms with Crippen molar-refractivity contribution in [2.75, 3.05) is 0 Å². The van der Waals surface area contributed by atoms with Crippen molar-refractivity contribution in [1.82, 2.24) is 14.3 Å². The topological polar surface area (TPSA) is 39.8 Å². The van der Waals surface area contributed by atoms with Gasteiger partial charge in [-0.15, -0.1) is 11.3 Å². The van der Waals surface area contributed by atoms with Crippen molar-refractivity contribution in [2.24, 2.45) is 0 Å². The lowest BCUT2D eigenvalue weighted by molar-refractivity contribution is 0.523. The molecule has 4 nitrogen and oxygen atoms in total. The highest BCUT2D eigenvalue weighted by Gasteiger charge is 2.07. The molecule has 0 bridgehead atoms. The van der Waals surface area contributed by atoms with Gasteiger partial charge in [-0.3, -0.25) is 9.48 Å². The van der Waals surface area contributed by atoms with E-state index in [0.29, 0.717) is 12.6 Å². The highest BCUT2D eigenvalue weighted by atomic mass is 32.1. The zero-order chi connectivity index (χ0) is 13.4. The van der Waals surface area contributed by atoms with Crippen molar-refractivity contribution in [1.29, 1.82) is 0 Å². The van der Waals surface area contributed by atoms with Gasteiger partial charge in [0.15, 0.2) is 0 Å². The highest BCUT2D eigenvalue weighted by molar-refractivity contribution is 7.17. The van der Waals surface area contributed by atoms with Crippen LogP contribution in [-0.4, -0.2) is 14.3 Å². The van der Waals surface area contributed by atoms with Gasteiger partial charge in [-0.2, -0.15) is 5.10 Å². The maximum Gasteiger partial charge on any atom is 0.259 e. The molecule has 0 unspecified atom stereocenters. The Morgan fingerprint density at radius 3 is 2.84 bits per heavy atom. The normalized spacial score (nSPS) is 11.5. The van der Waals surface area contributed by atoms with Gasteiger partial charge in [0.1, 0.15) is 0 Å². The summed E-state index contributed by atoms with van der Waals surface area (Å²) in [4.78, 5) is 12.3. The van der Waals surface area contributed by atoms with Crippen molar-refractivity contribution in [3.8, 4) is 0 Å². The van der Waals surface area contributed by atoms with Crippen molar-refractivity contribution < 1.29 is 0 Å². The number of fused-ring (bicyclic) bond motifs is 1. The largest absolute Gasteiger partial charge is 0.309 e. The van der Waals surface area contributed by atoms with Crippen molar-refractivity contribution in [3.63, 3.8) is 0 Å². The van der Waals surface area contributed by atoms with Gasteiger partial charge in [-0.25, -0.2) is 0 Å². The first-order chi connectivity index (χ1) is 9.15. The van der Waals surface area contributed by atoms with E-state index in [1.165, 1.54) is 0 Å². The van der Waals surface area contributed by atoms with Gasteiger partial charge in [0.2, 0.25) is 0 Å². The molecule has 0 aliphatic rings. The van der Waals surface area contributed by atoms with E-state index >= 15 is 0 Å². The van der Waals surface area contributed by atoms with E-state index in [0.717, 1.165) is 15.8 Å². The average molecular weight is 273 g/mol. The van der Waals surface area contributed by atoms with E-state index in [2.05, 4.69) is 18.9 Å². The predicted molar refractivity (Wildman–Crippen MR) is 77.8 cm³/mol. The van der Waals surface area contributed by atoms with Gasteiger partial charge >= 0.3 is 0 Å². The van der Waals surface area contributed by atoms with E-state index < -0.39 is 0 Å². The second-order valence-corrected chi connectivity index (χ2v) is 5.78. The summed E-state index contributed by atoms with van der Waals surface area (Å²) in [5, 5.41) is 7.21. The summed E-state index contributed by atoms with van der Waals surface area (Å²) in [6.45, 7) is 4.69. The molecule has 0 aliphatic heterocycles. The lowest BCUT2D eigenvalue weighted by atomic mass is 10.3. The summed E-state index contributed by atoms with van der Waals surface area (Å²) in [7, 11) is 0. The Morgan fingerprint density at radius 2 is 2.11 bits per heavy atom. The second-order valence-electron chi connectivity index (χ2n) is 4.83. The minimum absolute atomic E-state index is 0.0536. The lowest BCUT2D eigenvalue weighted by Crippen LogP contribution is -2.19. The van der Waals surface area contributed by atoms with Crippen molar-refractivity contribution in [3.05, 3.63) is 52.0 Å². The van der Waals surface area contributed by atoms with Crippen molar-refractivity contribution >= 4 is 21.4 Å². The van der Waals surface area contributed by atoms with Crippen LogP contribution in [0.4, 0.5) is 0 Å². The molecule has 5 heteroatoms. The zero-order valence-electron chi connectivity index (χ0n) is 10.9. The molecule has 98 valence electrons. The summed E-state index contributed by atoms with van der Waals surface area (Å²) in [5.41, 5.74) is 0.961. The highest BCUT2D eigenvalue weighted by Crippen LogP contribution is 2.16. The van der Waals surface area contributed by atoms with Crippen LogP contribution in [0.15, 0.2) is 40.8 Å². The molecule has 0 saturated heterocycles. The molecule has 0 atom stereocenters. The van der Waals surface area contributed by atoms with E-state index in [1.54, 1.807) is 15.9 Å². The zero-order valence-corrected chi connectivity index (χ0v) is 11.7. The first-order valence-corrected chi connectivity index (χ1v) is 7.14. The van der Waals surface area contributed by atoms with Crippen LogP contribution in [0.5, 0.6) is 0 Å². The number of rotatable bonds is 3. The number of aromatic nitrogens is 3. The number of thiophene rings is 1. The van der Waals surface area contributed by atoms with Crippen LogP contribution < -0.4 is 5.56 Å². The maximum absolute atomic E-state index is 12.3. The SMILES string of the molecule is CC(C)n1ccc(Cn2ccc3sccc3c2=O)n1. The van der Waals surface area contributed by atoms with Gasteiger partial charge in [0.25, 0.3) is 5.56 Å². The minimum Gasteiger partial charge on any atom is -0.309 e. The number of hydrogen-bond donors (Lipinski definition) is 0. The Kier molecular flexibility index (Phi) is 2.98. The van der Waals surface area contributed by atoms with Gasteiger partial charge < -0.3 is 4.57 Å². The number of pyridine rings is 1. The summed E-state index contributed by atoms with van der Waals surface area (Å²) in [5.74, 6) is 0. The third-order valence-electron chi connectivity index (χ3n) is 3.12. The molecule has 0 radical (unpaired) electrons. The fourth-order valence-electron chi connectivity index (χ4n) is 2.06. The fourth-order valence-corrected chi connectivity index (χ4v) is 2.83. The van der Waals surface area contributed by atoms with Crippen LogP contribution in [0.2, 0.25) is 0 Å². The standard InChI is InChI=1S/C14H15N3OS/c1-10(2)17-7-3-11(15-17)9-16-6-4-13-12(14(16)18)5-8-19-13/h3-8,10H,9H2,1-2H3. The first-order valence-electron chi connectivity index (χ1n) is 6.26. The Labute approximate surface area is 114 Å². The molecule has 0 aromatic carbocycles. The maximum atomic E-state index is 12.3. The number of hydrogen-bond acceptors (Lipinski definition) is 3. The third-order valence-corrected chi connectivity index (χ3v) is 4.00. The molecule has 0 aliphatic carbocycles. The fraction of sp³-hybridized carbons (Fsp3) is 0.286.